The van der Waals surface area contributed by atoms with Gasteiger partial charge in [-0.3, -0.25) is 4.79 Å². The maximum Gasteiger partial charge on any atom is 0.237 e. The van der Waals surface area contributed by atoms with Crippen LogP contribution in [0, 0.1) is 11.8 Å². The molecule has 0 aromatic heterocycles. The Morgan fingerprint density at radius 3 is 2.71 bits per heavy atom. The van der Waals surface area contributed by atoms with Crippen molar-refractivity contribution in [2.75, 3.05) is 19.6 Å². The van der Waals surface area contributed by atoms with E-state index in [1.165, 1.54) is 45.2 Å². The highest BCUT2D eigenvalue weighted by atomic mass is 16.1. The van der Waals surface area contributed by atoms with Crippen LogP contribution >= 0.6 is 0 Å². The van der Waals surface area contributed by atoms with Crippen LogP contribution in [0.5, 0.6) is 0 Å². The van der Waals surface area contributed by atoms with Crippen molar-refractivity contribution in [2.45, 2.75) is 69.9 Å². The summed E-state index contributed by atoms with van der Waals surface area (Å²) < 4.78 is 0. The van der Waals surface area contributed by atoms with Crippen molar-refractivity contribution in [2.24, 2.45) is 17.6 Å². The maximum atomic E-state index is 11.9. The van der Waals surface area contributed by atoms with Gasteiger partial charge in [0.05, 0.1) is 5.54 Å². The molecule has 0 aromatic rings. The lowest BCUT2D eigenvalue weighted by Crippen LogP contribution is -2.55. The Hall–Kier alpha value is -0.610. The molecule has 4 nitrogen and oxygen atoms in total. The molecule has 1 aliphatic heterocycles. The van der Waals surface area contributed by atoms with Crippen LogP contribution in [0.3, 0.4) is 0 Å². The fourth-order valence-corrected chi connectivity index (χ4v) is 5.10. The largest absolute Gasteiger partial charge is 0.368 e. The molecule has 0 spiro atoms. The summed E-state index contributed by atoms with van der Waals surface area (Å²) in [5, 5.41) is 3.38. The van der Waals surface area contributed by atoms with Crippen LogP contribution in [0.2, 0.25) is 0 Å². The lowest BCUT2D eigenvalue weighted by molar-refractivity contribution is -0.124. The van der Waals surface area contributed by atoms with E-state index in [9.17, 15) is 4.79 Å². The first kappa shape index (κ1) is 15.3. The molecular formula is C17H31N3O. The Labute approximate surface area is 128 Å². The number of nitrogens with zero attached hydrogens (tertiary/aromatic N) is 1. The fourth-order valence-electron chi connectivity index (χ4n) is 5.10. The van der Waals surface area contributed by atoms with Crippen LogP contribution in [0.4, 0.5) is 0 Å². The summed E-state index contributed by atoms with van der Waals surface area (Å²) in [7, 11) is 0. The number of hydrogen-bond donors (Lipinski definition) is 2. The van der Waals surface area contributed by atoms with Gasteiger partial charge in [0, 0.05) is 12.6 Å². The van der Waals surface area contributed by atoms with Gasteiger partial charge in [-0.25, -0.2) is 0 Å². The van der Waals surface area contributed by atoms with E-state index in [0.717, 1.165) is 37.6 Å². The van der Waals surface area contributed by atoms with Crippen LogP contribution in [-0.2, 0) is 4.79 Å². The van der Waals surface area contributed by atoms with E-state index >= 15 is 0 Å². The molecule has 2 saturated carbocycles. The average Bonchev–Trinajstić information content (AvgIpc) is 2.93. The smallest absolute Gasteiger partial charge is 0.237 e. The number of piperidine rings is 1. The lowest BCUT2D eigenvalue weighted by atomic mass is 9.75. The van der Waals surface area contributed by atoms with Gasteiger partial charge >= 0.3 is 0 Å². The number of carbonyl (C=O) groups is 1. The van der Waals surface area contributed by atoms with Crippen molar-refractivity contribution in [1.29, 1.82) is 0 Å². The van der Waals surface area contributed by atoms with E-state index in [1.54, 1.807) is 0 Å². The van der Waals surface area contributed by atoms with Gasteiger partial charge in [-0.15, -0.1) is 0 Å². The Kier molecular flexibility index (Phi) is 4.55. The quantitative estimate of drug-likeness (QED) is 0.832. The van der Waals surface area contributed by atoms with Gasteiger partial charge in [0.2, 0.25) is 5.91 Å². The van der Waals surface area contributed by atoms with E-state index in [4.69, 9.17) is 5.73 Å². The van der Waals surface area contributed by atoms with Crippen LogP contribution in [0.15, 0.2) is 0 Å². The molecule has 4 atom stereocenters. The van der Waals surface area contributed by atoms with Gasteiger partial charge in [0.15, 0.2) is 0 Å². The van der Waals surface area contributed by atoms with Crippen molar-refractivity contribution in [3.63, 3.8) is 0 Å². The third-order valence-electron chi connectivity index (χ3n) is 6.31. The number of likely N-dealkylation sites (tertiary alicyclic amines) is 1. The van der Waals surface area contributed by atoms with Gasteiger partial charge in [-0.2, -0.15) is 0 Å². The molecule has 2 aliphatic carbocycles. The van der Waals surface area contributed by atoms with Gasteiger partial charge in [0.25, 0.3) is 0 Å². The molecule has 21 heavy (non-hydrogen) atoms. The third-order valence-corrected chi connectivity index (χ3v) is 6.31. The highest BCUT2D eigenvalue weighted by molar-refractivity contribution is 5.85. The first-order valence-electron chi connectivity index (χ1n) is 8.93. The minimum atomic E-state index is -0.442. The van der Waals surface area contributed by atoms with Crippen LogP contribution in [-0.4, -0.2) is 42.0 Å². The van der Waals surface area contributed by atoms with Crippen molar-refractivity contribution in [3.8, 4) is 0 Å². The summed E-state index contributed by atoms with van der Waals surface area (Å²) in [6, 6.07) is 0.555. The van der Waals surface area contributed by atoms with E-state index < -0.39 is 5.54 Å². The molecule has 120 valence electrons. The Morgan fingerprint density at radius 1 is 1.24 bits per heavy atom. The summed E-state index contributed by atoms with van der Waals surface area (Å²) in [5.41, 5.74) is 5.26. The number of nitrogens with one attached hydrogen (secondary N) is 1. The number of rotatable bonds is 4. The lowest BCUT2D eigenvalue weighted by Gasteiger charge is -2.44. The molecule has 0 aromatic carbocycles. The predicted molar refractivity (Wildman–Crippen MR) is 84.9 cm³/mol. The molecule has 1 amide bonds. The number of likely N-dealkylation sites (N-methyl/N-ethyl adjacent to an activating group) is 1. The molecule has 3 N–H and O–H groups in total. The molecule has 3 rings (SSSR count). The molecular weight excluding hydrogens is 262 g/mol. The molecule has 4 unspecified atom stereocenters. The van der Waals surface area contributed by atoms with Crippen LogP contribution < -0.4 is 11.1 Å². The van der Waals surface area contributed by atoms with Gasteiger partial charge in [-0.05, 0) is 57.0 Å². The van der Waals surface area contributed by atoms with Crippen LogP contribution in [0.25, 0.3) is 0 Å². The SMILES string of the molecule is CCNC1(C(N)=O)CCC(N2CCC3CCCCC3C2)C1. The standard InChI is InChI=1S/C17H31N3O/c1-2-19-17(16(18)21)9-7-15(11-17)20-10-8-13-5-3-4-6-14(13)12-20/h13-15,19H,2-12H2,1H3,(H2,18,21). The first-order valence-corrected chi connectivity index (χ1v) is 8.93. The number of hydrogen-bond acceptors (Lipinski definition) is 3. The topological polar surface area (TPSA) is 58.4 Å². The highest BCUT2D eigenvalue weighted by Crippen LogP contribution is 2.40. The summed E-state index contributed by atoms with van der Waals surface area (Å²) in [6.45, 7) is 5.37. The third kappa shape index (κ3) is 2.98. The zero-order valence-electron chi connectivity index (χ0n) is 13.4. The monoisotopic (exact) mass is 293 g/mol. The summed E-state index contributed by atoms with van der Waals surface area (Å²) in [6.07, 6.45) is 10.0. The highest BCUT2D eigenvalue weighted by Gasteiger charge is 2.46. The van der Waals surface area contributed by atoms with E-state index in [1.807, 2.05) is 0 Å². The number of fused-ring (bicyclic) bond motifs is 1. The zero-order valence-corrected chi connectivity index (χ0v) is 13.4. The van der Waals surface area contributed by atoms with E-state index in [0.29, 0.717) is 6.04 Å². The summed E-state index contributed by atoms with van der Waals surface area (Å²) >= 11 is 0. The Balaban J connectivity index is 1.62. The maximum absolute atomic E-state index is 11.9. The van der Waals surface area contributed by atoms with Crippen molar-refractivity contribution in [3.05, 3.63) is 0 Å². The van der Waals surface area contributed by atoms with Crippen molar-refractivity contribution in [1.82, 2.24) is 10.2 Å². The predicted octanol–water partition coefficient (Wildman–Crippen LogP) is 1.88. The molecule has 1 heterocycles. The Bertz CT molecular complexity index is 386. The van der Waals surface area contributed by atoms with Gasteiger partial charge < -0.3 is 16.0 Å². The molecule has 1 saturated heterocycles. The Morgan fingerprint density at radius 2 is 2.00 bits per heavy atom. The van der Waals surface area contributed by atoms with Gasteiger partial charge in [0.1, 0.15) is 0 Å². The minimum absolute atomic E-state index is 0.153. The first-order chi connectivity index (χ1) is 10.1. The summed E-state index contributed by atoms with van der Waals surface area (Å²) in [4.78, 5) is 14.6. The molecule has 4 heteroatoms. The summed E-state index contributed by atoms with van der Waals surface area (Å²) in [5.74, 6) is 1.74. The second-order valence-corrected chi connectivity index (χ2v) is 7.46. The molecule has 0 radical (unpaired) electrons. The number of nitrogens with two attached hydrogens (primary N) is 1. The van der Waals surface area contributed by atoms with Crippen molar-refractivity contribution < 1.29 is 4.79 Å². The second kappa shape index (κ2) is 6.25. The molecule has 3 fully saturated rings. The van der Waals surface area contributed by atoms with Crippen molar-refractivity contribution >= 4 is 5.91 Å². The molecule has 3 aliphatic rings. The zero-order chi connectivity index (χ0) is 14.9. The van der Waals surface area contributed by atoms with E-state index in [-0.39, 0.29) is 5.91 Å². The number of primary amides is 1. The number of carbonyl (C=O) groups excluding carboxylic acids is 1. The normalized spacial score (nSPS) is 40.9. The van der Waals surface area contributed by atoms with Crippen LogP contribution in [0.1, 0.15) is 58.3 Å². The fraction of sp³-hybridized carbons (Fsp3) is 0.941. The van der Waals surface area contributed by atoms with E-state index in [2.05, 4.69) is 17.1 Å². The minimum Gasteiger partial charge on any atom is -0.368 e. The van der Waals surface area contributed by atoms with Gasteiger partial charge in [-0.1, -0.05) is 26.2 Å². The number of amides is 1. The molecule has 0 bridgehead atoms. The average molecular weight is 293 g/mol. The second-order valence-electron chi connectivity index (χ2n) is 7.46.